The fraction of sp³-hybridized carbons (Fsp3) is 0.716. The highest BCUT2D eigenvalue weighted by Gasteiger charge is 2.19. The highest BCUT2D eigenvalue weighted by molar-refractivity contribution is 5.71. The zero-order valence-corrected chi connectivity index (χ0v) is 47.9. The minimum atomic E-state index is -0.799. The zero-order valence-electron chi connectivity index (χ0n) is 47.9. The molecule has 0 saturated heterocycles. The number of hydrogen-bond acceptors (Lipinski definition) is 6. The van der Waals surface area contributed by atoms with Gasteiger partial charge in [0.15, 0.2) is 6.10 Å². The first-order chi connectivity index (χ1) is 36.0. The van der Waals surface area contributed by atoms with Gasteiger partial charge in [0.1, 0.15) is 13.2 Å². The van der Waals surface area contributed by atoms with E-state index in [1.54, 1.807) is 0 Å². The summed E-state index contributed by atoms with van der Waals surface area (Å²) in [5.74, 6) is -0.927. The Hall–Kier alpha value is -3.67. The number of hydrogen-bond donors (Lipinski definition) is 0. The third-order valence-electron chi connectivity index (χ3n) is 13.1. The van der Waals surface area contributed by atoms with Crippen LogP contribution in [-0.2, 0) is 28.6 Å². The molecule has 0 amide bonds. The maximum atomic E-state index is 12.9. The molecule has 6 nitrogen and oxygen atoms in total. The molecular formula is C67H114O6. The minimum absolute atomic E-state index is 0.0941. The second-order valence-corrected chi connectivity index (χ2v) is 20.3. The highest BCUT2D eigenvalue weighted by atomic mass is 16.6. The van der Waals surface area contributed by atoms with E-state index in [0.29, 0.717) is 19.3 Å². The molecule has 0 saturated carbocycles. The lowest BCUT2D eigenvalue weighted by molar-refractivity contribution is -0.167. The third-order valence-corrected chi connectivity index (χ3v) is 13.1. The molecule has 0 aromatic rings. The molecule has 1 atom stereocenters. The van der Waals surface area contributed by atoms with Crippen molar-refractivity contribution in [3.8, 4) is 0 Å². The Balaban J connectivity index is 4.46. The number of ether oxygens (including phenoxy) is 3. The fourth-order valence-corrected chi connectivity index (χ4v) is 8.51. The molecule has 0 aromatic heterocycles. The van der Waals surface area contributed by atoms with E-state index in [1.807, 2.05) is 0 Å². The molecule has 0 aromatic carbocycles. The molecule has 1 unspecified atom stereocenters. The van der Waals surface area contributed by atoms with Crippen molar-refractivity contribution in [1.82, 2.24) is 0 Å². The molecule has 0 fully saturated rings. The van der Waals surface area contributed by atoms with E-state index in [9.17, 15) is 14.4 Å². The molecule has 0 bridgehead atoms. The van der Waals surface area contributed by atoms with Gasteiger partial charge in [0.05, 0.1) is 0 Å². The third kappa shape index (κ3) is 59.1. The van der Waals surface area contributed by atoms with Crippen LogP contribution in [0.5, 0.6) is 0 Å². The van der Waals surface area contributed by atoms with Crippen LogP contribution in [0.4, 0.5) is 0 Å². The predicted octanol–water partition coefficient (Wildman–Crippen LogP) is 20.9. The molecule has 6 heteroatoms. The lowest BCUT2D eigenvalue weighted by atomic mass is 10.1. The van der Waals surface area contributed by atoms with Crippen LogP contribution in [0.2, 0.25) is 0 Å². The van der Waals surface area contributed by atoms with Gasteiger partial charge in [-0.1, -0.05) is 266 Å². The molecule has 0 rings (SSSR count). The number of esters is 3. The Morgan fingerprint density at radius 2 is 0.589 bits per heavy atom. The fourth-order valence-electron chi connectivity index (χ4n) is 8.51. The smallest absolute Gasteiger partial charge is 0.306 e. The average molecular weight is 1020 g/mol. The summed E-state index contributed by atoms with van der Waals surface area (Å²) < 4.78 is 16.9. The summed E-state index contributed by atoms with van der Waals surface area (Å²) in [7, 11) is 0. The molecule has 0 spiro atoms. The van der Waals surface area contributed by atoms with Gasteiger partial charge in [0, 0.05) is 19.3 Å². The number of rotatable bonds is 55. The Kier molecular flexibility index (Phi) is 57.8. The van der Waals surface area contributed by atoms with E-state index in [2.05, 4.69) is 118 Å². The summed E-state index contributed by atoms with van der Waals surface area (Å²) in [6, 6.07) is 0. The maximum Gasteiger partial charge on any atom is 0.306 e. The highest BCUT2D eigenvalue weighted by Crippen LogP contribution is 2.15. The number of unbranched alkanes of at least 4 members (excludes halogenated alkanes) is 31. The van der Waals surface area contributed by atoms with Gasteiger partial charge in [-0.05, 0) is 103 Å². The summed E-state index contributed by atoms with van der Waals surface area (Å²) in [5, 5.41) is 0. The van der Waals surface area contributed by atoms with Gasteiger partial charge in [-0.2, -0.15) is 0 Å². The van der Waals surface area contributed by atoms with Gasteiger partial charge in [-0.3, -0.25) is 14.4 Å². The van der Waals surface area contributed by atoms with Crippen LogP contribution in [-0.4, -0.2) is 37.2 Å². The van der Waals surface area contributed by atoms with Crippen LogP contribution in [0.3, 0.4) is 0 Å². The normalized spacial score (nSPS) is 12.8. The van der Waals surface area contributed by atoms with E-state index >= 15 is 0 Å². The van der Waals surface area contributed by atoms with Crippen molar-refractivity contribution in [3.05, 3.63) is 97.2 Å². The minimum Gasteiger partial charge on any atom is -0.462 e. The molecule has 0 aliphatic rings. The number of allylic oxidation sites excluding steroid dienone is 16. The van der Waals surface area contributed by atoms with E-state index in [1.165, 1.54) is 128 Å². The van der Waals surface area contributed by atoms with Gasteiger partial charge >= 0.3 is 17.9 Å². The van der Waals surface area contributed by atoms with Gasteiger partial charge in [-0.25, -0.2) is 0 Å². The molecule has 0 aliphatic heterocycles. The van der Waals surface area contributed by atoms with Crippen LogP contribution in [0.15, 0.2) is 97.2 Å². The summed E-state index contributed by atoms with van der Waals surface area (Å²) in [4.78, 5) is 38.3. The Morgan fingerprint density at radius 3 is 0.959 bits per heavy atom. The van der Waals surface area contributed by atoms with E-state index in [4.69, 9.17) is 14.2 Å². The lowest BCUT2D eigenvalue weighted by Crippen LogP contribution is -2.30. The summed E-state index contributed by atoms with van der Waals surface area (Å²) in [6.07, 6.45) is 81.1. The lowest BCUT2D eigenvalue weighted by Gasteiger charge is -2.18. The maximum absolute atomic E-state index is 12.9. The first-order valence-corrected chi connectivity index (χ1v) is 30.8. The Morgan fingerprint density at radius 1 is 0.301 bits per heavy atom. The first-order valence-electron chi connectivity index (χ1n) is 30.8. The quantitative estimate of drug-likeness (QED) is 0.0199. The van der Waals surface area contributed by atoms with Crippen molar-refractivity contribution in [2.75, 3.05) is 13.2 Å². The average Bonchev–Trinajstić information content (AvgIpc) is 3.39. The summed E-state index contributed by atoms with van der Waals surface area (Å²) in [6.45, 7) is 6.49. The van der Waals surface area contributed by atoms with Crippen LogP contribution < -0.4 is 0 Å². The van der Waals surface area contributed by atoms with E-state index in [0.717, 1.165) is 122 Å². The van der Waals surface area contributed by atoms with Gasteiger partial charge in [-0.15, -0.1) is 0 Å². The SMILES string of the molecule is CC/C=C\C/C=C\C/C=C\CCCCCCCCCCCC(=O)OCC(COC(=O)CCCCCCC/C=C\C=C/CCCCCCCCC)OC(=O)CCCCCCC\C=C/C=C\C=C/CCCCCCC. The number of carbonyl (C=O) groups is 3. The van der Waals surface area contributed by atoms with Crippen molar-refractivity contribution in [2.45, 2.75) is 297 Å². The van der Waals surface area contributed by atoms with Crippen molar-refractivity contribution in [1.29, 1.82) is 0 Å². The van der Waals surface area contributed by atoms with Crippen LogP contribution in [0, 0.1) is 0 Å². The second kappa shape index (κ2) is 60.9. The predicted molar refractivity (Wildman–Crippen MR) is 316 cm³/mol. The summed E-state index contributed by atoms with van der Waals surface area (Å²) in [5.41, 5.74) is 0. The Bertz CT molecular complexity index is 1440. The zero-order chi connectivity index (χ0) is 52.9. The van der Waals surface area contributed by atoms with Crippen molar-refractivity contribution in [3.63, 3.8) is 0 Å². The molecule has 0 N–H and O–H groups in total. The van der Waals surface area contributed by atoms with Crippen molar-refractivity contribution >= 4 is 17.9 Å². The van der Waals surface area contributed by atoms with Crippen LogP contribution in [0.25, 0.3) is 0 Å². The Labute approximate surface area is 451 Å². The topological polar surface area (TPSA) is 78.9 Å². The molecular weight excluding hydrogens is 901 g/mol. The monoisotopic (exact) mass is 1010 g/mol. The summed E-state index contributed by atoms with van der Waals surface area (Å²) >= 11 is 0. The number of carbonyl (C=O) groups excluding carboxylic acids is 3. The van der Waals surface area contributed by atoms with Gasteiger partial charge < -0.3 is 14.2 Å². The first kappa shape index (κ1) is 69.3. The van der Waals surface area contributed by atoms with Crippen molar-refractivity contribution in [2.24, 2.45) is 0 Å². The molecule has 418 valence electrons. The van der Waals surface area contributed by atoms with E-state index in [-0.39, 0.29) is 31.1 Å². The molecule has 0 aliphatic carbocycles. The molecule has 0 heterocycles. The van der Waals surface area contributed by atoms with Gasteiger partial charge in [0.2, 0.25) is 0 Å². The molecule has 0 radical (unpaired) electrons. The molecule has 73 heavy (non-hydrogen) atoms. The van der Waals surface area contributed by atoms with Crippen molar-refractivity contribution < 1.29 is 28.6 Å². The van der Waals surface area contributed by atoms with Crippen LogP contribution >= 0.6 is 0 Å². The van der Waals surface area contributed by atoms with Gasteiger partial charge in [0.25, 0.3) is 0 Å². The largest absolute Gasteiger partial charge is 0.462 e. The van der Waals surface area contributed by atoms with E-state index < -0.39 is 6.10 Å². The second-order valence-electron chi connectivity index (χ2n) is 20.3. The van der Waals surface area contributed by atoms with Crippen LogP contribution in [0.1, 0.15) is 290 Å². The standard InChI is InChI=1S/C67H114O6/c1-4-7-10-13-16-19-22-25-28-31-34-37-39-42-45-48-51-54-57-60-66(69)72-63-64(73-67(70)61-58-55-52-49-46-43-40-36-33-30-27-24-21-18-15-12-9-6-3)62-71-65(68)59-56-53-50-47-44-41-38-35-32-29-26-23-20-17-14-11-8-5-2/h7,10,16,19,24-25,27-30,32-33,35-36,38,40,64H,4-6,8-9,11-15,17-18,20-23,26,31,34,37,39,41-63H2,1-3H3/b10-7-,19-16-,27-24-,28-25-,32-29-,33-30-,38-35-,40-36-.